The smallest absolute Gasteiger partial charge is 0.325 e. The first-order valence-corrected chi connectivity index (χ1v) is 5.91. The first kappa shape index (κ1) is 12.7. The number of benzene rings is 1. The van der Waals surface area contributed by atoms with Crippen LogP contribution in [0.1, 0.15) is 16.0 Å². The summed E-state index contributed by atoms with van der Waals surface area (Å²) in [6, 6.07) is 2.65. The van der Waals surface area contributed by atoms with Gasteiger partial charge in [-0.05, 0) is 17.2 Å². The average Bonchev–Trinajstić information content (AvgIpc) is 2.53. The number of hydrogen-bond donors (Lipinski definition) is 1. The number of carbonyl (C=O) groups excluding carboxylic acids is 1. The van der Waals surface area contributed by atoms with Crippen LogP contribution in [0.25, 0.3) is 0 Å². The predicted molar refractivity (Wildman–Crippen MR) is 61.5 cm³/mol. The molecule has 1 aromatic rings. The Bertz CT molecular complexity index is 489. The molecule has 1 atom stereocenters. The Morgan fingerprint density at radius 1 is 1.41 bits per heavy atom. The SMILES string of the molecule is O=C1Cc2cc(C(Br)C(F)(F)F)c(Cl)cc2N1. The van der Waals surface area contributed by atoms with E-state index in [0.717, 1.165) is 0 Å². The molecule has 0 saturated carbocycles. The summed E-state index contributed by atoms with van der Waals surface area (Å²) in [6.07, 6.45) is -4.34. The van der Waals surface area contributed by atoms with E-state index in [-0.39, 0.29) is 22.9 Å². The van der Waals surface area contributed by atoms with E-state index in [0.29, 0.717) is 11.3 Å². The van der Waals surface area contributed by atoms with Gasteiger partial charge >= 0.3 is 6.18 Å². The van der Waals surface area contributed by atoms with E-state index in [1.807, 2.05) is 0 Å². The first-order chi connectivity index (χ1) is 7.79. The van der Waals surface area contributed by atoms with Gasteiger partial charge in [0.15, 0.2) is 0 Å². The lowest BCUT2D eigenvalue weighted by Gasteiger charge is -2.16. The number of amides is 1. The minimum absolute atomic E-state index is 0.0230. The van der Waals surface area contributed by atoms with Gasteiger partial charge in [-0.15, -0.1) is 0 Å². The minimum Gasteiger partial charge on any atom is -0.325 e. The van der Waals surface area contributed by atoms with Crippen LogP contribution in [0.15, 0.2) is 12.1 Å². The van der Waals surface area contributed by atoms with E-state index in [4.69, 9.17) is 11.6 Å². The van der Waals surface area contributed by atoms with E-state index in [1.54, 1.807) is 0 Å². The summed E-state index contributed by atoms with van der Waals surface area (Å²) < 4.78 is 37.7. The van der Waals surface area contributed by atoms with Crippen LogP contribution in [0.5, 0.6) is 0 Å². The van der Waals surface area contributed by atoms with Gasteiger partial charge in [0.1, 0.15) is 4.83 Å². The summed E-state index contributed by atoms with van der Waals surface area (Å²) in [5, 5.41) is 2.50. The van der Waals surface area contributed by atoms with Gasteiger partial charge in [-0.3, -0.25) is 4.79 Å². The second-order valence-electron chi connectivity index (χ2n) is 3.66. The zero-order valence-electron chi connectivity index (χ0n) is 8.24. The van der Waals surface area contributed by atoms with Gasteiger partial charge in [0, 0.05) is 10.7 Å². The van der Waals surface area contributed by atoms with Crippen LogP contribution in [0.2, 0.25) is 5.02 Å². The third-order valence-corrected chi connectivity index (χ3v) is 3.75. The summed E-state index contributed by atoms with van der Waals surface area (Å²) in [4.78, 5) is 9.27. The van der Waals surface area contributed by atoms with Crippen LogP contribution in [0, 0.1) is 0 Å². The highest BCUT2D eigenvalue weighted by Gasteiger charge is 2.40. The topological polar surface area (TPSA) is 29.1 Å². The second kappa shape index (κ2) is 4.17. The molecular formula is C10H6BrClF3NO. The van der Waals surface area contributed by atoms with E-state index in [1.165, 1.54) is 12.1 Å². The second-order valence-corrected chi connectivity index (χ2v) is 4.98. The fourth-order valence-corrected chi connectivity index (χ4v) is 2.42. The highest BCUT2D eigenvalue weighted by Crippen LogP contribution is 2.44. The Hall–Kier alpha value is -0.750. The van der Waals surface area contributed by atoms with Crippen molar-refractivity contribution in [3.63, 3.8) is 0 Å². The van der Waals surface area contributed by atoms with E-state index < -0.39 is 11.0 Å². The van der Waals surface area contributed by atoms with Crippen LogP contribution in [0.3, 0.4) is 0 Å². The van der Waals surface area contributed by atoms with Crippen molar-refractivity contribution in [1.82, 2.24) is 0 Å². The Labute approximate surface area is 108 Å². The highest BCUT2D eigenvalue weighted by molar-refractivity contribution is 9.09. The van der Waals surface area contributed by atoms with E-state index in [9.17, 15) is 18.0 Å². The molecule has 1 amide bonds. The number of fused-ring (bicyclic) bond motifs is 1. The van der Waals surface area contributed by atoms with Gasteiger partial charge in [-0.1, -0.05) is 33.6 Å². The van der Waals surface area contributed by atoms with Gasteiger partial charge < -0.3 is 5.32 Å². The van der Waals surface area contributed by atoms with Gasteiger partial charge in [0.2, 0.25) is 5.91 Å². The maximum Gasteiger partial charge on any atom is 0.405 e. The lowest BCUT2D eigenvalue weighted by Crippen LogP contribution is -2.15. The summed E-state index contributed by atoms with van der Waals surface area (Å²) in [5.74, 6) is -0.244. The maximum atomic E-state index is 12.6. The highest BCUT2D eigenvalue weighted by atomic mass is 79.9. The molecule has 0 aromatic heterocycles. The fraction of sp³-hybridized carbons (Fsp3) is 0.300. The number of anilines is 1. The molecular weight excluding hydrogens is 322 g/mol. The summed E-state index contributed by atoms with van der Waals surface area (Å²) in [7, 11) is 0. The zero-order valence-corrected chi connectivity index (χ0v) is 10.6. The molecule has 0 spiro atoms. The molecule has 0 aliphatic carbocycles. The quantitative estimate of drug-likeness (QED) is 0.780. The third kappa shape index (κ3) is 2.42. The van der Waals surface area contributed by atoms with Crippen molar-refractivity contribution in [3.05, 3.63) is 28.3 Å². The molecule has 1 aliphatic heterocycles. The number of carbonyl (C=O) groups is 1. The van der Waals surface area contributed by atoms with Crippen LogP contribution < -0.4 is 5.32 Å². The Kier molecular flexibility index (Phi) is 3.12. The van der Waals surface area contributed by atoms with E-state index in [2.05, 4.69) is 21.2 Å². The maximum absolute atomic E-state index is 12.6. The van der Waals surface area contributed by atoms with Gasteiger partial charge in [-0.2, -0.15) is 13.2 Å². The minimum atomic E-state index is -4.42. The number of halogens is 5. The zero-order chi connectivity index (χ0) is 12.8. The van der Waals surface area contributed by atoms with Crippen molar-refractivity contribution in [1.29, 1.82) is 0 Å². The van der Waals surface area contributed by atoms with Gasteiger partial charge in [-0.25, -0.2) is 0 Å². The van der Waals surface area contributed by atoms with Crippen molar-refractivity contribution in [3.8, 4) is 0 Å². The molecule has 0 fully saturated rings. The monoisotopic (exact) mass is 327 g/mol. The van der Waals surface area contributed by atoms with Crippen molar-refractivity contribution < 1.29 is 18.0 Å². The summed E-state index contributed by atoms with van der Waals surface area (Å²) in [5.41, 5.74) is 0.933. The van der Waals surface area contributed by atoms with Crippen molar-refractivity contribution >= 4 is 39.1 Å². The van der Waals surface area contributed by atoms with Crippen LogP contribution >= 0.6 is 27.5 Å². The fourth-order valence-electron chi connectivity index (χ4n) is 1.64. The molecule has 0 bridgehead atoms. The van der Waals surface area contributed by atoms with Crippen LogP contribution in [-0.4, -0.2) is 12.1 Å². The Morgan fingerprint density at radius 3 is 2.65 bits per heavy atom. The molecule has 7 heteroatoms. The Morgan fingerprint density at radius 2 is 2.06 bits per heavy atom. The normalized spacial score (nSPS) is 16.6. The van der Waals surface area contributed by atoms with Crippen LogP contribution in [0.4, 0.5) is 18.9 Å². The Balaban J connectivity index is 2.44. The van der Waals surface area contributed by atoms with Crippen molar-refractivity contribution in [2.45, 2.75) is 17.4 Å². The van der Waals surface area contributed by atoms with Crippen molar-refractivity contribution in [2.24, 2.45) is 0 Å². The molecule has 0 radical (unpaired) electrons. The molecule has 2 nitrogen and oxygen atoms in total. The van der Waals surface area contributed by atoms with Crippen molar-refractivity contribution in [2.75, 3.05) is 5.32 Å². The lowest BCUT2D eigenvalue weighted by atomic mass is 10.1. The number of alkyl halides is 4. The standard InChI is InChI=1S/C10H6BrClF3NO/c11-9(10(13,14)15)5-1-4-2-8(17)16-7(4)3-6(5)12/h1,3,9H,2H2,(H,16,17). The molecule has 2 rings (SSSR count). The van der Waals surface area contributed by atoms with Gasteiger partial charge in [0.05, 0.1) is 6.42 Å². The molecule has 17 heavy (non-hydrogen) atoms. The summed E-state index contributed by atoms with van der Waals surface area (Å²) in [6.45, 7) is 0. The molecule has 92 valence electrons. The van der Waals surface area contributed by atoms with Crippen LogP contribution in [-0.2, 0) is 11.2 Å². The number of hydrogen-bond acceptors (Lipinski definition) is 1. The average molecular weight is 329 g/mol. The number of nitrogens with one attached hydrogen (secondary N) is 1. The molecule has 1 heterocycles. The summed E-state index contributed by atoms with van der Waals surface area (Å²) >= 11 is 8.34. The lowest BCUT2D eigenvalue weighted by molar-refractivity contribution is -0.128. The van der Waals surface area contributed by atoms with E-state index >= 15 is 0 Å². The molecule has 1 N–H and O–H groups in total. The number of rotatable bonds is 1. The molecule has 0 saturated heterocycles. The third-order valence-electron chi connectivity index (χ3n) is 2.41. The molecule has 1 aromatic carbocycles. The van der Waals surface area contributed by atoms with Gasteiger partial charge in [0.25, 0.3) is 0 Å². The first-order valence-electron chi connectivity index (χ1n) is 4.62. The predicted octanol–water partition coefficient (Wildman–Crippen LogP) is 3.83. The molecule has 1 aliphatic rings. The largest absolute Gasteiger partial charge is 0.405 e. The molecule has 1 unspecified atom stereocenters.